The van der Waals surface area contributed by atoms with Gasteiger partial charge in [0.15, 0.2) is 0 Å². The molecular formula is C18H27F3N6O. The number of amides is 2. The molecule has 0 atom stereocenters. The second-order valence-electron chi connectivity index (χ2n) is 7.30. The van der Waals surface area contributed by atoms with Gasteiger partial charge in [0.25, 0.3) is 0 Å². The fourth-order valence-electron chi connectivity index (χ4n) is 3.64. The minimum absolute atomic E-state index is 0.111. The fraction of sp³-hybridized carbons (Fsp3) is 0.722. The largest absolute Gasteiger partial charge is 0.433 e. The van der Waals surface area contributed by atoms with Crippen LogP contribution in [0.2, 0.25) is 0 Å². The Morgan fingerprint density at radius 3 is 2.54 bits per heavy atom. The van der Waals surface area contributed by atoms with Crippen LogP contribution in [0.1, 0.15) is 37.8 Å². The number of halogens is 3. The molecule has 0 unspecified atom stereocenters. The quantitative estimate of drug-likeness (QED) is 0.793. The highest BCUT2D eigenvalue weighted by molar-refractivity contribution is 5.74. The molecule has 1 saturated carbocycles. The van der Waals surface area contributed by atoms with Crippen molar-refractivity contribution in [1.82, 2.24) is 25.5 Å². The molecule has 3 rings (SSSR count). The Morgan fingerprint density at radius 1 is 1.14 bits per heavy atom. The lowest BCUT2D eigenvalue weighted by Gasteiger charge is -2.34. The van der Waals surface area contributed by atoms with E-state index in [9.17, 15) is 18.0 Å². The first-order valence-electron chi connectivity index (χ1n) is 9.84. The lowest BCUT2D eigenvalue weighted by molar-refractivity contribution is -0.141. The Hall–Kier alpha value is -2.10. The molecule has 2 heterocycles. The summed E-state index contributed by atoms with van der Waals surface area (Å²) in [5, 5.41) is 5.91. The van der Waals surface area contributed by atoms with Crippen LogP contribution in [-0.4, -0.2) is 66.2 Å². The van der Waals surface area contributed by atoms with E-state index < -0.39 is 11.9 Å². The molecule has 156 valence electrons. The van der Waals surface area contributed by atoms with Crippen molar-refractivity contribution < 1.29 is 18.0 Å². The number of urea groups is 1. The molecule has 1 aromatic heterocycles. The number of carbonyl (C=O) groups is 1. The molecule has 2 N–H and O–H groups in total. The normalized spacial score (nSPS) is 19.5. The average molecular weight is 400 g/mol. The van der Waals surface area contributed by atoms with Gasteiger partial charge in [-0.25, -0.2) is 14.8 Å². The third kappa shape index (κ3) is 5.95. The van der Waals surface area contributed by atoms with Crippen molar-refractivity contribution in [3.05, 3.63) is 18.0 Å². The minimum Gasteiger partial charge on any atom is -0.338 e. The van der Waals surface area contributed by atoms with Gasteiger partial charge in [0.05, 0.1) is 0 Å². The van der Waals surface area contributed by atoms with Crippen molar-refractivity contribution in [3.8, 4) is 0 Å². The maximum Gasteiger partial charge on any atom is 0.433 e. The molecule has 7 nitrogen and oxygen atoms in total. The Bertz CT molecular complexity index is 642. The van der Waals surface area contributed by atoms with E-state index >= 15 is 0 Å². The highest BCUT2D eigenvalue weighted by Gasteiger charge is 2.33. The van der Waals surface area contributed by atoms with Crippen molar-refractivity contribution in [2.24, 2.45) is 0 Å². The predicted octanol–water partition coefficient (Wildman–Crippen LogP) is 2.25. The van der Waals surface area contributed by atoms with Crippen LogP contribution in [-0.2, 0) is 6.18 Å². The van der Waals surface area contributed by atoms with Crippen LogP contribution in [0.15, 0.2) is 12.3 Å². The number of anilines is 1. The molecule has 1 aliphatic carbocycles. The summed E-state index contributed by atoms with van der Waals surface area (Å²) in [6, 6.07) is 1.04. The Kier molecular flexibility index (Phi) is 6.93. The lowest BCUT2D eigenvalue weighted by atomic mass is 9.96. The summed E-state index contributed by atoms with van der Waals surface area (Å²) in [6.45, 7) is 3.72. The van der Waals surface area contributed by atoms with Crippen LogP contribution < -0.4 is 15.5 Å². The van der Waals surface area contributed by atoms with Gasteiger partial charge in [-0.15, -0.1) is 0 Å². The molecule has 2 aliphatic rings. The van der Waals surface area contributed by atoms with Gasteiger partial charge in [-0.2, -0.15) is 13.2 Å². The zero-order valence-corrected chi connectivity index (χ0v) is 15.8. The summed E-state index contributed by atoms with van der Waals surface area (Å²) in [5.41, 5.74) is -0.923. The first-order valence-corrected chi connectivity index (χ1v) is 9.84. The topological polar surface area (TPSA) is 73.4 Å². The number of aromatic nitrogens is 2. The van der Waals surface area contributed by atoms with Crippen LogP contribution in [0.5, 0.6) is 0 Å². The number of piperazine rings is 1. The van der Waals surface area contributed by atoms with Crippen molar-refractivity contribution >= 4 is 12.0 Å². The van der Waals surface area contributed by atoms with E-state index in [1.165, 1.54) is 19.3 Å². The van der Waals surface area contributed by atoms with Crippen molar-refractivity contribution in [2.45, 2.75) is 44.3 Å². The highest BCUT2D eigenvalue weighted by Crippen LogP contribution is 2.28. The minimum atomic E-state index is -4.47. The van der Waals surface area contributed by atoms with Gasteiger partial charge in [-0.3, -0.25) is 4.90 Å². The zero-order chi connectivity index (χ0) is 20.0. The van der Waals surface area contributed by atoms with Crippen molar-refractivity contribution in [3.63, 3.8) is 0 Å². The summed E-state index contributed by atoms with van der Waals surface area (Å²) < 4.78 is 38.4. The van der Waals surface area contributed by atoms with E-state index in [2.05, 4.69) is 25.5 Å². The molecule has 1 aromatic rings. The van der Waals surface area contributed by atoms with Crippen LogP contribution in [0.3, 0.4) is 0 Å². The van der Waals surface area contributed by atoms with Crippen LogP contribution in [0.25, 0.3) is 0 Å². The fourth-order valence-corrected chi connectivity index (χ4v) is 3.64. The number of carbonyl (C=O) groups excluding carboxylic acids is 1. The van der Waals surface area contributed by atoms with Crippen LogP contribution >= 0.6 is 0 Å². The number of rotatable bonds is 5. The van der Waals surface area contributed by atoms with E-state index in [1.54, 1.807) is 4.90 Å². The molecule has 1 aliphatic heterocycles. The van der Waals surface area contributed by atoms with Gasteiger partial charge in [-0.1, -0.05) is 19.3 Å². The number of nitrogens with one attached hydrogen (secondary N) is 2. The van der Waals surface area contributed by atoms with Gasteiger partial charge < -0.3 is 15.5 Å². The van der Waals surface area contributed by atoms with Gasteiger partial charge in [-0.05, 0) is 18.9 Å². The number of alkyl halides is 3. The van der Waals surface area contributed by atoms with E-state index in [0.717, 1.165) is 25.1 Å². The van der Waals surface area contributed by atoms with Gasteiger partial charge in [0.2, 0.25) is 5.95 Å². The van der Waals surface area contributed by atoms with Gasteiger partial charge >= 0.3 is 12.2 Å². The van der Waals surface area contributed by atoms with Crippen molar-refractivity contribution in [1.29, 1.82) is 0 Å². The third-order valence-electron chi connectivity index (χ3n) is 5.24. The smallest absolute Gasteiger partial charge is 0.338 e. The zero-order valence-electron chi connectivity index (χ0n) is 15.8. The summed E-state index contributed by atoms with van der Waals surface area (Å²) in [6.07, 6.45) is 2.36. The molecule has 10 heteroatoms. The first kappa shape index (κ1) is 20.6. The third-order valence-corrected chi connectivity index (χ3v) is 5.24. The summed E-state index contributed by atoms with van der Waals surface area (Å²) in [4.78, 5) is 23.5. The lowest BCUT2D eigenvalue weighted by Crippen LogP contribution is -2.50. The molecular weight excluding hydrogens is 373 g/mol. The molecule has 0 spiro atoms. The molecule has 0 radical (unpaired) electrons. The summed E-state index contributed by atoms with van der Waals surface area (Å²) in [7, 11) is 0. The summed E-state index contributed by atoms with van der Waals surface area (Å²) in [5.74, 6) is 0.111. The maximum absolute atomic E-state index is 12.8. The SMILES string of the molecule is O=C(NCCN1CCN(c2nccc(C(F)(F)F)n2)CC1)NC1CCCCC1. The molecule has 0 aromatic carbocycles. The monoisotopic (exact) mass is 400 g/mol. The second-order valence-corrected chi connectivity index (χ2v) is 7.30. The Morgan fingerprint density at radius 2 is 1.86 bits per heavy atom. The van der Waals surface area contributed by atoms with Crippen molar-refractivity contribution in [2.75, 3.05) is 44.2 Å². The average Bonchev–Trinajstić information content (AvgIpc) is 2.69. The van der Waals surface area contributed by atoms with E-state index in [0.29, 0.717) is 39.3 Å². The maximum atomic E-state index is 12.8. The predicted molar refractivity (Wildman–Crippen MR) is 99.1 cm³/mol. The number of hydrogen-bond donors (Lipinski definition) is 2. The number of nitrogens with zero attached hydrogens (tertiary/aromatic N) is 4. The number of hydrogen-bond acceptors (Lipinski definition) is 5. The molecule has 1 saturated heterocycles. The van der Waals surface area contributed by atoms with Gasteiger partial charge in [0.1, 0.15) is 5.69 Å². The Balaban J connectivity index is 1.37. The summed E-state index contributed by atoms with van der Waals surface area (Å²) >= 11 is 0. The molecule has 2 amide bonds. The van der Waals surface area contributed by atoms with E-state index in [1.807, 2.05) is 0 Å². The highest BCUT2D eigenvalue weighted by atomic mass is 19.4. The van der Waals surface area contributed by atoms with E-state index in [4.69, 9.17) is 0 Å². The second kappa shape index (κ2) is 9.40. The molecule has 0 bridgehead atoms. The molecule has 2 fully saturated rings. The standard InChI is InChI=1S/C18H27F3N6O/c19-18(20,21)15-6-7-22-16(25-15)27-12-10-26(11-13-27)9-8-23-17(28)24-14-4-2-1-3-5-14/h6-7,14H,1-5,8-13H2,(H2,23,24,28). The van der Waals surface area contributed by atoms with Gasteiger partial charge in [0, 0.05) is 51.5 Å². The first-order chi connectivity index (χ1) is 13.4. The molecule has 28 heavy (non-hydrogen) atoms. The van der Waals surface area contributed by atoms with Crippen LogP contribution in [0, 0.1) is 0 Å². The van der Waals surface area contributed by atoms with Crippen LogP contribution in [0.4, 0.5) is 23.9 Å². The van der Waals surface area contributed by atoms with E-state index in [-0.39, 0.29) is 18.0 Å². The Labute approximate surface area is 162 Å².